The monoisotopic (exact) mass is 323 g/mol. The van der Waals surface area contributed by atoms with Crippen LogP contribution < -0.4 is 10.9 Å². The number of carbonyl (C=O) groups is 1. The Morgan fingerprint density at radius 2 is 2.33 bits per heavy atom. The number of nitrogens with zero attached hydrogens (tertiary/aromatic N) is 2. The van der Waals surface area contributed by atoms with E-state index in [0.717, 1.165) is 42.2 Å². The number of thiazole rings is 1. The van der Waals surface area contributed by atoms with Crippen molar-refractivity contribution in [2.45, 2.75) is 37.2 Å². The number of thioether (sulfide) groups is 1. The highest BCUT2D eigenvalue weighted by Crippen LogP contribution is 2.23. The van der Waals surface area contributed by atoms with Crippen LogP contribution >= 0.6 is 23.1 Å². The molecule has 1 aliphatic heterocycles. The van der Waals surface area contributed by atoms with E-state index >= 15 is 0 Å². The van der Waals surface area contributed by atoms with Gasteiger partial charge in [-0.3, -0.25) is 14.0 Å². The molecule has 3 rings (SSSR count). The van der Waals surface area contributed by atoms with Crippen molar-refractivity contribution in [3.8, 4) is 0 Å². The minimum Gasteiger partial charge on any atom is -0.355 e. The SMILES string of the molecule is Cc1csc2nc(CSC3CCCCNC3=O)cc(=O)n12. The van der Waals surface area contributed by atoms with Gasteiger partial charge in [-0.25, -0.2) is 4.98 Å². The molecule has 1 aliphatic rings. The number of fused-ring (bicyclic) bond motifs is 1. The van der Waals surface area contributed by atoms with Gasteiger partial charge in [0.25, 0.3) is 5.56 Å². The van der Waals surface area contributed by atoms with Gasteiger partial charge in [-0.05, 0) is 19.8 Å². The van der Waals surface area contributed by atoms with Crippen LogP contribution in [0.25, 0.3) is 4.96 Å². The third-order valence-corrected chi connectivity index (χ3v) is 5.80. The minimum absolute atomic E-state index is 0.0298. The number of aromatic nitrogens is 2. The van der Waals surface area contributed by atoms with Gasteiger partial charge in [0, 0.05) is 29.4 Å². The van der Waals surface area contributed by atoms with E-state index in [0.29, 0.717) is 5.75 Å². The number of carbonyl (C=O) groups excluding carboxylic acids is 1. The van der Waals surface area contributed by atoms with Crippen molar-refractivity contribution in [2.24, 2.45) is 0 Å². The topological polar surface area (TPSA) is 63.5 Å². The van der Waals surface area contributed by atoms with E-state index in [1.165, 1.54) is 11.3 Å². The van der Waals surface area contributed by atoms with Crippen molar-refractivity contribution in [2.75, 3.05) is 6.54 Å². The summed E-state index contributed by atoms with van der Waals surface area (Å²) >= 11 is 3.05. The number of hydrogen-bond acceptors (Lipinski definition) is 5. The first-order valence-electron chi connectivity index (χ1n) is 7.01. The van der Waals surface area contributed by atoms with Crippen LogP contribution in [0.3, 0.4) is 0 Å². The van der Waals surface area contributed by atoms with Gasteiger partial charge in [0.2, 0.25) is 5.91 Å². The van der Waals surface area contributed by atoms with Crippen molar-refractivity contribution in [3.63, 3.8) is 0 Å². The average molecular weight is 323 g/mol. The Labute approximate surface area is 130 Å². The quantitative estimate of drug-likeness (QED) is 0.938. The Hall–Kier alpha value is -1.34. The summed E-state index contributed by atoms with van der Waals surface area (Å²) in [6, 6.07) is 1.58. The molecule has 112 valence electrons. The molecular weight excluding hydrogens is 306 g/mol. The Kier molecular flexibility index (Phi) is 4.30. The molecule has 0 spiro atoms. The van der Waals surface area contributed by atoms with Crippen molar-refractivity contribution in [1.82, 2.24) is 14.7 Å². The molecule has 1 unspecified atom stereocenters. The van der Waals surface area contributed by atoms with Crippen LogP contribution in [0.15, 0.2) is 16.2 Å². The van der Waals surface area contributed by atoms with Gasteiger partial charge < -0.3 is 5.32 Å². The summed E-state index contributed by atoms with van der Waals surface area (Å²) < 4.78 is 1.62. The zero-order valence-corrected chi connectivity index (χ0v) is 13.4. The van der Waals surface area contributed by atoms with Crippen LogP contribution in [0.4, 0.5) is 0 Å². The summed E-state index contributed by atoms with van der Waals surface area (Å²) in [6.45, 7) is 2.67. The van der Waals surface area contributed by atoms with Crippen LogP contribution in [0, 0.1) is 6.92 Å². The zero-order chi connectivity index (χ0) is 14.8. The van der Waals surface area contributed by atoms with E-state index in [1.807, 2.05) is 12.3 Å². The van der Waals surface area contributed by atoms with Crippen LogP contribution in [0.2, 0.25) is 0 Å². The highest BCUT2D eigenvalue weighted by molar-refractivity contribution is 7.99. The molecule has 2 aromatic heterocycles. The Bertz CT molecular complexity index is 723. The third-order valence-electron chi connectivity index (χ3n) is 3.55. The molecule has 0 aliphatic carbocycles. The first-order chi connectivity index (χ1) is 10.1. The second kappa shape index (κ2) is 6.19. The van der Waals surface area contributed by atoms with Gasteiger partial charge in [-0.15, -0.1) is 23.1 Å². The molecule has 0 radical (unpaired) electrons. The van der Waals surface area contributed by atoms with Gasteiger partial charge in [0.1, 0.15) is 0 Å². The highest BCUT2D eigenvalue weighted by Gasteiger charge is 2.21. The van der Waals surface area contributed by atoms with Crippen molar-refractivity contribution in [3.05, 3.63) is 33.2 Å². The van der Waals surface area contributed by atoms with E-state index in [9.17, 15) is 9.59 Å². The van der Waals surface area contributed by atoms with Crippen molar-refractivity contribution in [1.29, 1.82) is 0 Å². The van der Waals surface area contributed by atoms with E-state index in [4.69, 9.17) is 0 Å². The molecule has 3 heterocycles. The maximum atomic E-state index is 12.1. The number of nitrogens with one attached hydrogen (secondary N) is 1. The molecule has 1 amide bonds. The summed E-state index contributed by atoms with van der Waals surface area (Å²) in [5, 5.41) is 4.83. The van der Waals surface area contributed by atoms with Crippen molar-refractivity contribution < 1.29 is 4.79 Å². The molecule has 0 aromatic carbocycles. The lowest BCUT2D eigenvalue weighted by Gasteiger charge is -2.12. The van der Waals surface area contributed by atoms with Crippen LogP contribution in [-0.2, 0) is 10.5 Å². The lowest BCUT2D eigenvalue weighted by Crippen LogP contribution is -2.30. The molecule has 1 N–H and O–H groups in total. The molecular formula is C14H17N3O2S2. The zero-order valence-electron chi connectivity index (χ0n) is 11.8. The van der Waals surface area contributed by atoms with Crippen molar-refractivity contribution >= 4 is 34.0 Å². The fraction of sp³-hybridized carbons (Fsp3) is 0.500. The molecule has 1 saturated heterocycles. The maximum absolute atomic E-state index is 12.1. The van der Waals surface area contributed by atoms with Crippen LogP contribution in [0.5, 0.6) is 0 Å². The normalized spacial score (nSPS) is 19.5. The predicted molar refractivity (Wildman–Crippen MR) is 86.0 cm³/mol. The number of amides is 1. The Morgan fingerprint density at radius 3 is 3.19 bits per heavy atom. The summed E-state index contributed by atoms with van der Waals surface area (Å²) in [5.41, 5.74) is 1.62. The van der Waals surface area contributed by atoms with E-state index < -0.39 is 0 Å². The smallest absolute Gasteiger partial charge is 0.258 e. The van der Waals surface area contributed by atoms with E-state index in [1.54, 1.807) is 22.2 Å². The summed E-state index contributed by atoms with van der Waals surface area (Å²) in [7, 11) is 0. The molecule has 0 saturated carbocycles. The van der Waals surface area contributed by atoms with Gasteiger partial charge >= 0.3 is 0 Å². The Balaban J connectivity index is 1.76. The minimum atomic E-state index is -0.0420. The number of aryl methyl sites for hydroxylation is 1. The second-order valence-corrected chi connectivity index (χ2v) is 7.19. The fourth-order valence-electron chi connectivity index (χ4n) is 2.43. The average Bonchev–Trinajstić information content (AvgIpc) is 2.71. The maximum Gasteiger partial charge on any atom is 0.258 e. The molecule has 2 aromatic rings. The molecule has 5 nitrogen and oxygen atoms in total. The van der Waals surface area contributed by atoms with Crippen LogP contribution in [0.1, 0.15) is 30.7 Å². The van der Waals surface area contributed by atoms with E-state index in [2.05, 4.69) is 10.3 Å². The summed E-state index contributed by atoms with van der Waals surface area (Å²) in [4.78, 5) is 29.2. The molecule has 0 bridgehead atoms. The third kappa shape index (κ3) is 3.13. The van der Waals surface area contributed by atoms with Gasteiger partial charge in [0.15, 0.2) is 4.96 Å². The summed E-state index contributed by atoms with van der Waals surface area (Å²) in [5.74, 6) is 0.711. The van der Waals surface area contributed by atoms with Gasteiger partial charge in [-0.2, -0.15) is 0 Å². The molecule has 1 fully saturated rings. The number of rotatable bonds is 3. The molecule has 21 heavy (non-hydrogen) atoms. The lowest BCUT2D eigenvalue weighted by molar-refractivity contribution is -0.120. The lowest BCUT2D eigenvalue weighted by atomic mass is 10.2. The first kappa shape index (κ1) is 14.6. The fourth-order valence-corrected chi connectivity index (χ4v) is 4.41. The largest absolute Gasteiger partial charge is 0.355 e. The standard InChI is InChI=1S/C14H17N3O2S2/c1-9-7-21-14-16-10(6-12(18)17(9)14)8-20-11-4-2-3-5-15-13(11)19/h6-7,11H,2-5,8H2,1H3,(H,15,19). The summed E-state index contributed by atoms with van der Waals surface area (Å²) in [6.07, 6.45) is 3.01. The second-order valence-electron chi connectivity index (χ2n) is 5.17. The van der Waals surface area contributed by atoms with E-state index in [-0.39, 0.29) is 16.7 Å². The Morgan fingerprint density at radius 1 is 1.48 bits per heavy atom. The highest BCUT2D eigenvalue weighted by atomic mass is 32.2. The molecule has 7 heteroatoms. The molecule has 1 atom stereocenters. The number of hydrogen-bond donors (Lipinski definition) is 1. The van der Waals surface area contributed by atoms with Crippen LogP contribution in [-0.4, -0.2) is 27.1 Å². The first-order valence-corrected chi connectivity index (χ1v) is 8.94. The predicted octanol–water partition coefficient (Wildman–Crippen LogP) is 1.97. The van der Waals surface area contributed by atoms with Gasteiger partial charge in [0.05, 0.1) is 10.9 Å². The van der Waals surface area contributed by atoms with Gasteiger partial charge in [-0.1, -0.05) is 6.42 Å².